The molecule has 0 aliphatic rings. The number of hydrogen-bond acceptors (Lipinski definition) is 2. The van der Waals surface area contributed by atoms with Crippen LogP contribution in [0.25, 0.3) is 11.1 Å². The predicted molar refractivity (Wildman–Crippen MR) is 71.6 cm³/mol. The van der Waals surface area contributed by atoms with E-state index in [2.05, 4.69) is 17.0 Å². The predicted octanol–water partition coefficient (Wildman–Crippen LogP) is 3.23. The summed E-state index contributed by atoms with van der Waals surface area (Å²) in [6.45, 7) is 0. The third kappa shape index (κ3) is 2.36. The minimum Gasteiger partial charge on any atom is -0.377 e. The fourth-order valence-electron chi connectivity index (χ4n) is 1.85. The molecule has 0 unspecified atom stereocenters. The summed E-state index contributed by atoms with van der Waals surface area (Å²) in [5.41, 5.74) is 4.18. The lowest BCUT2D eigenvalue weighted by Gasteiger charge is -2.17. The van der Waals surface area contributed by atoms with E-state index in [1.54, 1.807) is 0 Å². The number of anilines is 1. The summed E-state index contributed by atoms with van der Waals surface area (Å²) >= 11 is 0. The molecule has 2 rings (SSSR count). The van der Waals surface area contributed by atoms with Crippen LogP contribution >= 0.6 is 0 Å². The summed E-state index contributed by atoms with van der Waals surface area (Å²) in [6.07, 6.45) is 0.863. The van der Waals surface area contributed by atoms with E-state index in [9.17, 15) is 4.79 Å². The van der Waals surface area contributed by atoms with Gasteiger partial charge in [0, 0.05) is 30.9 Å². The van der Waals surface area contributed by atoms with Crippen molar-refractivity contribution in [3.63, 3.8) is 0 Å². The Morgan fingerprint density at radius 3 is 2.18 bits per heavy atom. The summed E-state index contributed by atoms with van der Waals surface area (Å²) in [7, 11) is 4.05. The number of para-hydroxylation sites is 1. The summed E-state index contributed by atoms with van der Waals surface area (Å²) in [4.78, 5) is 12.7. The quantitative estimate of drug-likeness (QED) is 0.747. The highest BCUT2D eigenvalue weighted by Crippen LogP contribution is 2.29. The second kappa shape index (κ2) is 4.83. The van der Waals surface area contributed by atoms with Crippen LogP contribution in [-0.2, 0) is 0 Å². The molecule has 17 heavy (non-hydrogen) atoms. The van der Waals surface area contributed by atoms with Gasteiger partial charge in [-0.2, -0.15) is 0 Å². The van der Waals surface area contributed by atoms with Crippen molar-refractivity contribution in [3.05, 3.63) is 54.1 Å². The number of nitrogens with zero attached hydrogens (tertiary/aromatic N) is 1. The Kier molecular flexibility index (Phi) is 3.24. The molecule has 0 radical (unpaired) electrons. The van der Waals surface area contributed by atoms with Crippen molar-refractivity contribution in [2.24, 2.45) is 0 Å². The maximum absolute atomic E-state index is 10.6. The van der Waals surface area contributed by atoms with E-state index in [0.29, 0.717) is 5.56 Å². The van der Waals surface area contributed by atoms with Gasteiger partial charge in [0.05, 0.1) is 0 Å². The second-order valence-corrected chi connectivity index (χ2v) is 4.15. The van der Waals surface area contributed by atoms with E-state index in [-0.39, 0.29) is 0 Å². The topological polar surface area (TPSA) is 20.3 Å². The number of rotatable bonds is 3. The van der Waals surface area contributed by atoms with Crippen LogP contribution in [0.15, 0.2) is 48.5 Å². The van der Waals surface area contributed by atoms with Gasteiger partial charge in [-0.25, -0.2) is 0 Å². The van der Waals surface area contributed by atoms with Crippen molar-refractivity contribution in [1.29, 1.82) is 0 Å². The SMILES string of the molecule is CN(C)c1ccccc1-c1ccc(C=O)cc1. The standard InChI is InChI=1S/C15H15NO/c1-16(2)15-6-4-3-5-14(15)13-9-7-12(11-17)8-10-13/h3-11H,1-2H3. The number of aldehydes is 1. The first-order valence-electron chi connectivity index (χ1n) is 5.54. The number of benzene rings is 2. The molecule has 2 nitrogen and oxygen atoms in total. The minimum absolute atomic E-state index is 0.705. The van der Waals surface area contributed by atoms with Crippen LogP contribution in [0.3, 0.4) is 0 Å². The first kappa shape index (κ1) is 11.4. The average Bonchev–Trinajstić information content (AvgIpc) is 2.39. The molecule has 0 aromatic heterocycles. The third-order valence-corrected chi connectivity index (χ3v) is 2.74. The molecule has 0 heterocycles. The molecule has 0 amide bonds. The van der Waals surface area contributed by atoms with Gasteiger partial charge in [0.2, 0.25) is 0 Å². The number of hydrogen-bond donors (Lipinski definition) is 0. The summed E-state index contributed by atoms with van der Waals surface area (Å²) in [6, 6.07) is 15.9. The highest BCUT2D eigenvalue weighted by atomic mass is 16.1. The molecule has 0 N–H and O–H groups in total. The average molecular weight is 225 g/mol. The van der Waals surface area contributed by atoms with Gasteiger partial charge >= 0.3 is 0 Å². The Morgan fingerprint density at radius 1 is 0.941 bits per heavy atom. The van der Waals surface area contributed by atoms with E-state index < -0.39 is 0 Å². The molecule has 0 bridgehead atoms. The van der Waals surface area contributed by atoms with E-state index in [0.717, 1.165) is 11.8 Å². The van der Waals surface area contributed by atoms with E-state index in [1.807, 2.05) is 50.5 Å². The van der Waals surface area contributed by atoms with Gasteiger partial charge in [0.25, 0.3) is 0 Å². The Morgan fingerprint density at radius 2 is 1.59 bits per heavy atom. The molecule has 0 atom stereocenters. The highest BCUT2D eigenvalue weighted by molar-refractivity contribution is 5.81. The van der Waals surface area contributed by atoms with Crippen molar-refractivity contribution in [1.82, 2.24) is 0 Å². The van der Waals surface area contributed by atoms with E-state index in [4.69, 9.17) is 0 Å². The smallest absolute Gasteiger partial charge is 0.150 e. The summed E-state index contributed by atoms with van der Waals surface area (Å²) < 4.78 is 0. The Bertz CT molecular complexity index is 515. The zero-order valence-electron chi connectivity index (χ0n) is 10.1. The van der Waals surface area contributed by atoms with Gasteiger partial charge in [-0.1, -0.05) is 42.5 Å². The van der Waals surface area contributed by atoms with Gasteiger partial charge in [-0.05, 0) is 11.6 Å². The third-order valence-electron chi connectivity index (χ3n) is 2.74. The second-order valence-electron chi connectivity index (χ2n) is 4.15. The van der Waals surface area contributed by atoms with Crippen molar-refractivity contribution >= 4 is 12.0 Å². The van der Waals surface area contributed by atoms with Crippen molar-refractivity contribution in [3.8, 4) is 11.1 Å². The molecular weight excluding hydrogens is 210 g/mol. The fraction of sp³-hybridized carbons (Fsp3) is 0.133. The zero-order chi connectivity index (χ0) is 12.3. The minimum atomic E-state index is 0.705. The Balaban J connectivity index is 2.48. The van der Waals surface area contributed by atoms with Gasteiger partial charge in [-0.15, -0.1) is 0 Å². The highest BCUT2D eigenvalue weighted by Gasteiger charge is 2.05. The molecular formula is C15H15NO. The van der Waals surface area contributed by atoms with Crippen LogP contribution in [0.4, 0.5) is 5.69 Å². The van der Waals surface area contributed by atoms with Gasteiger partial charge < -0.3 is 4.90 Å². The number of carbonyl (C=O) groups is 1. The monoisotopic (exact) mass is 225 g/mol. The van der Waals surface area contributed by atoms with Crippen LogP contribution in [-0.4, -0.2) is 20.4 Å². The molecule has 0 fully saturated rings. The summed E-state index contributed by atoms with van der Waals surface area (Å²) in [5, 5.41) is 0. The molecule has 86 valence electrons. The molecule has 2 aromatic carbocycles. The van der Waals surface area contributed by atoms with Gasteiger partial charge in [0.1, 0.15) is 6.29 Å². The fourth-order valence-corrected chi connectivity index (χ4v) is 1.85. The molecule has 0 aliphatic carbocycles. The molecule has 2 aromatic rings. The number of carbonyl (C=O) groups excluding carboxylic acids is 1. The normalized spacial score (nSPS) is 10.0. The molecule has 0 aliphatic heterocycles. The lowest BCUT2D eigenvalue weighted by atomic mass is 10.0. The maximum Gasteiger partial charge on any atom is 0.150 e. The van der Waals surface area contributed by atoms with E-state index in [1.165, 1.54) is 11.3 Å². The van der Waals surface area contributed by atoms with Crippen LogP contribution in [0.5, 0.6) is 0 Å². The van der Waals surface area contributed by atoms with Crippen LogP contribution in [0.2, 0.25) is 0 Å². The van der Waals surface area contributed by atoms with Crippen LogP contribution in [0.1, 0.15) is 10.4 Å². The first-order valence-corrected chi connectivity index (χ1v) is 5.54. The Hall–Kier alpha value is -2.09. The van der Waals surface area contributed by atoms with Gasteiger partial charge in [-0.3, -0.25) is 4.79 Å². The zero-order valence-corrected chi connectivity index (χ0v) is 10.1. The molecule has 0 spiro atoms. The van der Waals surface area contributed by atoms with Crippen molar-refractivity contribution in [2.45, 2.75) is 0 Å². The maximum atomic E-state index is 10.6. The van der Waals surface area contributed by atoms with E-state index >= 15 is 0 Å². The largest absolute Gasteiger partial charge is 0.377 e. The lowest BCUT2D eigenvalue weighted by Crippen LogP contribution is -2.09. The van der Waals surface area contributed by atoms with Gasteiger partial charge in [0.15, 0.2) is 0 Å². The molecule has 0 saturated heterocycles. The van der Waals surface area contributed by atoms with Crippen molar-refractivity contribution in [2.75, 3.05) is 19.0 Å². The first-order chi connectivity index (χ1) is 8.22. The van der Waals surface area contributed by atoms with Crippen molar-refractivity contribution < 1.29 is 4.79 Å². The lowest BCUT2D eigenvalue weighted by molar-refractivity contribution is 0.112. The Labute approximate surface area is 102 Å². The summed E-state index contributed by atoms with van der Waals surface area (Å²) in [5.74, 6) is 0. The van der Waals surface area contributed by atoms with Crippen LogP contribution < -0.4 is 4.90 Å². The van der Waals surface area contributed by atoms with Crippen LogP contribution in [0, 0.1) is 0 Å². The molecule has 2 heteroatoms. The molecule has 0 saturated carbocycles.